The summed E-state index contributed by atoms with van der Waals surface area (Å²) in [5, 5.41) is 4.30. The van der Waals surface area contributed by atoms with Crippen molar-refractivity contribution in [3.05, 3.63) is 24.4 Å². The lowest BCUT2D eigenvalue weighted by molar-refractivity contribution is 0.00578. The van der Waals surface area contributed by atoms with E-state index in [-0.39, 0.29) is 18.3 Å². The van der Waals surface area contributed by atoms with Gasteiger partial charge in [-0.1, -0.05) is 12.1 Å². The lowest BCUT2D eigenvalue weighted by Gasteiger charge is -2.32. The molecule has 150 valence electrons. The molecule has 0 atom stereocenters. The maximum absolute atomic E-state index is 6.14. The molecule has 0 amide bonds. The first kappa shape index (κ1) is 19.6. The Bertz CT molecular complexity index is 823. The number of aromatic nitrogens is 2. The molecular weight excluding hydrogens is 355 g/mol. The van der Waals surface area contributed by atoms with Crippen LogP contribution in [0.3, 0.4) is 0 Å². The second kappa shape index (κ2) is 7.59. The van der Waals surface area contributed by atoms with E-state index in [1.54, 1.807) is 0 Å². The molecule has 0 aliphatic carbocycles. The van der Waals surface area contributed by atoms with E-state index in [1.807, 2.05) is 18.3 Å². The summed E-state index contributed by atoms with van der Waals surface area (Å²) in [7, 11) is -0.374. The minimum absolute atomic E-state index is 0.350. The van der Waals surface area contributed by atoms with E-state index < -0.39 is 0 Å². The zero-order valence-electron chi connectivity index (χ0n) is 17.2. The van der Waals surface area contributed by atoms with Crippen molar-refractivity contribution in [2.75, 3.05) is 44.7 Å². The number of nitrogens with zero attached hydrogens (tertiary/aromatic N) is 3. The van der Waals surface area contributed by atoms with Gasteiger partial charge in [-0.05, 0) is 39.2 Å². The molecule has 2 aliphatic heterocycles. The van der Waals surface area contributed by atoms with Crippen molar-refractivity contribution in [3.8, 4) is 0 Å². The summed E-state index contributed by atoms with van der Waals surface area (Å²) >= 11 is 0. The van der Waals surface area contributed by atoms with Gasteiger partial charge in [0, 0.05) is 37.8 Å². The monoisotopic (exact) mass is 384 g/mol. The summed E-state index contributed by atoms with van der Waals surface area (Å²) in [5.74, 6) is 0.657. The van der Waals surface area contributed by atoms with E-state index in [2.05, 4.69) is 53.9 Å². The summed E-state index contributed by atoms with van der Waals surface area (Å²) in [6, 6.07) is 6.08. The largest absolute Gasteiger partial charge is 0.494 e. The summed E-state index contributed by atoms with van der Waals surface area (Å²) < 4.78 is 17.7. The maximum Gasteiger partial charge on any atom is 0.494 e. The Morgan fingerprint density at radius 1 is 1.11 bits per heavy atom. The number of anilines is 1. The van der Waals surface area contributed by atoms with Crippen LogP contribution in [0.15, 0.2) is 24.4 Å². The number of benzene rings is 1. The Hall–Kier alpha value is -1.74. The number of ether oxygens (including phenoxy) is 1. The minimum Gasteiger partial charge on any atom is -0.399 e. The van der Waals surface area contributed by atoms with E-state index >= 15 is 0 Å². The number of hydrogen-bond donors (Lipinski definition) is 1. The van der Waals surface area contributed by atoms with Crippen LogP contribution in [0.25, 0.3) is 10.9 Å². The predicted octanol–water partition coefficient (Wildman–Crippen LogP) is 1.67. The highest BCUT2D eigenvalue weighted by Crippen LogP contribution is 2.36. The van der Waals surface area contributed by atoms with Gasteiger partial charge in [-0.2, -0.15) is 0 Å². The molecule has 0 bridgehead atoms. The molecule has 0 unspecified atom stereocenters. The van der Waals surface area contributed by atoms with Crippen molar-refractivity contribution in [1.29, 1.82) is 0 Å². The van der Waals surface area contributed by atoms with E-state index in [9.17, 15) is 0 Å². The summed E-state index contributed by atoms with van der Waals surface area (Å²) in [6.07, 6.45) is 1.86. The van der Waals surface area contributed by atoms with Crippen molar-refractivity contribution in [2.45, 2.75) is 38.9 Å². The van der Waals surface area contributed by atoms with Crippen LogP contribution in [0.1, 0.15) is 27.7 Å². The molecule has 4 rings (SSSR count). The number of morpholine rings is 1. The molecule has 7 nitrogen and oxygen atoms in total. The number of rotatable bonds is 5. The highest BCUT2D eigenvalue weighted by molar-refractivity contribution is 6.62. The topological polar surface area (TPSA) is 68.7 Å². The molecule has 2 fully saturated rings. The highest BCUT2D eigenvalue weighted by atomic mass is 16.7. The Morgan fingerprint density at radius 3 is 2.54 bits per heavy atom. The third kappa shape index (κ3) is 4.01. The van der Waals surface area contributed by atoms with Crippen LogP contribution >= 0.6 is 0 Å². The minimum atomic E-state index is -0.374. The van der Waals surface area contributed by atoms with Gasteiger partial charge in [-0.15, -0.1) is 0 Å². The fourth-order valence-corrected chi connectivity index (χ4v) is 3.41. The predicted molar refractivity (Wildman–Crippen MR) is 111 cm³/mol. The molecule has 2 aromatic rings. The summed E-state index contributed by atoms with van der Waals surface area (Å²) in [6.45, 7) is 13.6. The van der Waals surface area contributed by atoms with E-state index in [4.69, 9.17) is 14.0 Å². The Kier molecular flexibility index (Phi) is 5.31. The Morgan fingerprint density at radius 2 is 1.82 bits per heavy atom. The first-order valence-corrected chi connectivity index (χ1v) is 10.0. The second-order valence-electron chi connectivity index (χ2n) is 8.48. The van der Waals surface area contributed by atoms with E-state index in [0.29, 0.717) is 5.95 Å². The standard InChI is InChI=1S/C20H29BN4O3/c1-19(2)20(3,4)28-21(27-19)16-5-6-17-15(13-16)14-23-18(24-17)22-7-8-25-9-11-26-12-10-25/h5-6,13-14H,7-12H2,1-4H3,(H,22,23,24). The molecule has 1 aromatic heterocycles. The summed E-state index contributed by atoms with van der Waals surface area (Å²) in [4.78, 5) is 11.5. The van der Waals surface area contributed by atoms with Gasteiger partial charge in [-0.3, -0.25) is 4.90 Å². The lowest BCUT2D eigenvalue weighted by atomic mass is 9.78. The zero-order valence-corrected chi connectivity index (χ0v) is 17.2. The molecule has 8 heteroatoms. The van der Waals surface area contributed by atoms with Crippen LogP contribution < -0.4 is 10.8 Å². The third-order valence-electron chi connectivity index (χ3n) is 5.94. The van der Waals surface area contributed by atoms with Gasteiger partial charge in [0.25, 0.3) is 0 Å². The van der Waals surface area contributed by atoms with E-state index in [1.165, 1.54) is 0 Å². The molecule has 0 spiro atoms. The first-order valence-electron chi connectivity index (χ1n) is 10.0. The molecule has 2 saturated heterocycles. The van der Waals surface area contributed by atoms with Gasteiger partial charge in [0.1, 0.15) is 0 Å². The fraction of sp³-hybridized carbons (Fsp3) is 0.600. The molecule has 28 heavy (non-hydrogen) atoms. The van der Waals surface area contributed by atoms with Crippen molar-refractivity contribution >= 4 is 29.4 Å². The maximum atomic E-state index is 6.14. The van der Waals surface area contributed by atoms with Crippen molar-refractivity contribution in [1.82, 2.24) is 14.9 Å². The van der Waals surface area contributed by atoms with Gasteiger partial charge in [0.2, 0.25) is 5.95 Å². The van der Waals surface area contributed by atoms with Crippen LogP contribution in [-0.4, -0.2) is 72.6 Å². The van der Waals surface area contributed by atoms with Gasteiger partial charge < -0.3 is 19.4 Å². The van der Waals surface area contributed by atoms with Crippen LogP contribution in [-0.2, 0) is 14.0 Å². The molecule has 1 aromatic carbocycles. The quantitative estimate of drug-likeness (QED) is 0.787. The van der Waals surface area contributed by atoms with Gasteiger partial charge >= 0.3 is 7.12 Å². The van der Waals surface area contributed by atoms with Crippen LogP contribution in [0, 0.1) is 0 Å². The Balaban J connectivity index is 1.41. The number of fused-ring (bicyclic) bond motifs is 1. The van der Waals surface area contributed by atoms with E-state index in [0.717, 1.165) is 55.8 Å². The zero-order chi connectivity index (χ0) is 19.8. The fourth-order valence-electron chi connectivity index (χ4n) is 3.41. The lowest BCUT2D eigenvalue weighted by Crippen LogP contribution is -2.41. The smallest absolute Gasteiger partial charge is 0.399 e. The molecule has 3 heterocycles. The van der Waals surface area contributed by atoms with Crippen LogP contribution in [0.5, 0.6) is 0 Å². The number of hydrogen-bond acceptors (Lipinski definition) is 7. The average Bonchev–Trinajstić information content (AvgIpc) is 2.89. The highest BCUT2D eigenvalue weighted by Gasteiger charge is 2.51. The second-order valence-corrected chi connectivity index (χ2v) is 8.48. The van der Waals surface area contributed by atoms with Gasteiger partial charge in [-0.25, -0.2) is 9.97 Å². The number of nitrogens with one attached hydrogen (secondary N) is 1. The van der Waals surface area contributed by atoms with Crippen molar-refractivity contribution in [3.63, 3.8) is 0 Å². The van der Waals surface area contributed by atoms with Crippen LogP contribution in [0.4, 0.5) is 5.95 Å². The van der Waals surface area contributed by atoms with Crippen LogP contribution in [0.2, 0.25) is 0 Å². The normalized spacial score (nSPS) is 21.9. The average molecular weight is 384 g/mol. The Labute approximate surface area is 166 Å². The first-order chi connectivity index (χ1) is 13.3. The molecule has 1 N–H and O–H groups in total. The SMILES string of the molecule is CC1(C)OB(c2ccc3nc(NCCN4CCOCC4)ncc3c2)OC1(C)C. The molecule has 2 aliphatic rings. The van der Waals surface area contributed by atoms with Crippen molar-refractivity contribution in [2.24, 2.45) is 0 Å². The third-order valence-corrected chi connectivity index (χ3v) is 5.94. The molecular formula is C20H29BN4O3. The molecule has 0 saturated carbocycles. The van der Waals surface area contributed by atoms with Crippen molar-refractivity contribution < 1.29 is 14.0 Å². The van der Waals surface area contributed by atoms with Gasteiger partial charge in [0.15, 0.2) is 0 Å². The molecule has 0 radical (unpaired) electrons. The summed E-state index contributed by atoms with van der Waals surface area (Å²) in [5.41, 5.74) is 1.20. The van der Waals surface area contributed by atoms with Gasteiger partial charge in [0.05, 0.1) is 29.9 Å².